The van der Waals surface area contributed by atoms with E-state index in [-0.39, 0.29) is 34.2 Å². The van der Waals surface area contributed by atoms with E-state index in [1.807, 2.05) is 13.8 Å². The SMILES string of the molecule is COC(CNC(=O)c1c[nH]c2ccc(S(=O)(=O)N3C[C@@H](C)C[C@H](C)C3)cc2c1=O)OC. The van der Waals surface area contributed by atoms with Gasteiger partial charge in [0.1, 0.15) is 5.56 Å². The highest BCUT2D eigenvalue weighted by Crippen LogP contribution is 2.27. The van der Waals surface area contributed by atoms with Crippen LogP contribution in [0, 0.1) is 11.8 Å². The maximum atomic E-state index is 13.2. The van der Waals surface area contributed by atoms with Crippen molar-refractivity contribution in [1.82, 2.24) is 14.6 Å². The van der Waals surface area contributed by atoms with Crippen molar-refractivity contribution < 1.29 is 22.7 Å². The maximum Gasteiger partial charge on any atom is 0.256 e. The molecule has 0 radical (unpaired) electrons. The molecule has 1 aliphatic rings. The topological polar surface area (TPSA) is 118 Å². The lowest BCUT2D eigenvalue weighted by Gasteiger charge is -2.34. The largest absolute Gasteiger partial charge is 0.360 e. The molecule has 31 heavy (non-hydrogen) atoms. The Balaban J connectivity index is 1.93. The predicted molar refractivity (Wildman–Crippen MR) is 116 cm³/mol. The molecule has 1 saturated heterocycles. The van der Waals surface area contributed by atoms with E-state index in [1.165, 1.54) is 36.9 Å². The Kier molecular flexibility index (Phi) is 7.15. The van der Waals surface area contributed by atoms with E-state index in [4.69, 9.17) is 9.47 Å². The van der Waals surface area contributed by atoms with Crippen LogP contribution in [0.15, 0.2) is 34.1 Å². The molecular formula is C21H29N3O6S. The van der Waals surface area contributed by atoms with Gasteiger partial charge in [0.25, 0.3) is 5.91 Å². The zero-order valence-electron chi connectivity index (χ0n) is 18.2. The van der Waals surface area contributed by atoms with Gasteiger partial charge in [-0.15, -0.1) is 0 Å². The molecule has 9 nitrogen and oxygen atoms in total. The molecule has 0 bridgehead atoms. The molecule has 2 aromatic rings. The Morgan fingerprint density at radius 3 is 2.48 bits per heavy atom. The summed E-state index contributed by atoms with van der Waals surface area (Å²) in [5.41, 5.74) is -0.212. The van der Waals surface area contributed by atoms with Crippen molar-refractivity contribution in [2.24, 2.45) is 11.8 Å². The van der Waals surface area contributed by atoms with Crippen molar-refractivity contribution in [3.63, 3.8) is 0 Å². The first-order chi connectivity index (χ1) is 14.7. The normalized spacial score (nSPS) is 20.3. The van der Waals surface area contributed by atoms with Crippen molar-refractivity contribution in [2.75, 3.05) is 33.9 Å². The van der Waals surface area contributed by atoms with Crippen LogP contribution >= 0.6 is 0 Å². The molecule has 2 heterocycles. The number of aromatic amines is 1. The highest BCUT2D eigenvalue weighted by atomic mass is 32.2. The standard InChI is InChI=1S/C21H29N3O6S/c1-13-7-14(2)12-24(11-13)31(27,28)15-5-6-18-16(8-15)20(25)17(9-22-18)21(26)23-10-19(29-3)30-4/h5-6,8-9,13-14,19H,7,10-12H2,1-4H3,(H,22,25)(H,23,26)/t13-,14-/m0/s1. The van der Waals surface area contributed by atoms with Crippen LogP contribution in [0.3, 0.4) is 0 Å². The molecule has 2 N–H and O–H groups in total. The van der Waals surface area contributed by atoms with Gasteiger partial charge in [-0.3, -0.25) is 9.59 Å². The van der Waals surface area contributed by atoms with Crippen LogP contribution in [0.5, 0.6) is 0 Å². The number of carbonyl (C=O) groups excluding carboxylic acids is 1. The number of amides is 1. The molecule has 1 fully saturated rings. The molecule has 2 atom stereocenters. The van der Waals surface area contributed by atoms with Gasteiger partial charge in [0.15, 0.2) is 6.29 Å². The zero-order chi connectivity index (χ0) is 22.8. The number of carbonyl (C=O) groups is 1. The number of ether oxygens (including phenoxy) is 2. The van der Waals surface area contributed by atoms with Gasteiger partial charge in [-0.05, 0) is 36.5 Å². The summed E-state index contributed by atoms with van der Waals surface area (Å²) in [7, 11) is -0.872. The first-order valence-electron chi connectivity index (χ1n) is 10.2. The number of rotatable bonds is 7. The average molecular weight is 452 g/mol. The summed E-state index contributed by atoms with van der Waals surface area (Å²) in [6, 6.07) is 4.38. The molecular weight excluding hydrogens is 422 g/mol. The number of hydrogen-bond acceptors (Lipinski definition) is 6. The van der Waals surface area contributed by atoms with E-state index in [0.717, 1.165) is 6.42 Å². The summed E-state index contributed by atoms with van der Waals surface area (Å²) in [5, 5.41) is 2.72. The molecule has 3 rings (SSSR count). The predicted octanol–water partition coefficient (Wildman–Crippen LogP) is 1.54. The average Bonchev–Trinajstić information content (AvgIpc) is 2.73. The molecule has 0 saturated carbocycles. The Hall–Kier alpha value is -2.27. The minimum absolute atomic E-state index is 0.0446. The third-order valence-corrected chi connectivity index (χ3v) is 7.35. The van der Waals surface area contributed by atoms with E-state index < -0.39 is 27.6 Å². The Bertz CT molecular complexity index is 1100. The number of benzene rings is 1. The fourth-order valence-electron chi connectivity index (χ4n) is 4.01. The number of aromatic nitrogens is 1. The number of sulfonamides is 1. The van der Waals surface area contributed by atoms with Crippen molar-refractivity contribution in [1.29, 1.82) is 0 Å². The number of fused-ring (bicyclic) bond motifs is 1. The van der Waals surface area contributed by atoms with Crippen molar-refractivity contribution in [2.45, 2.75) is 31.5 Å². The van der Waals surface area contributed by atoms with E-state index in [2.05, 4.69) is 10.3 Å². The Morgan fingerprint density at radius 1 is 1.23 bits per heavy atom. The number of nitrogens with one attached hydrogen (secondary N) is 2. The van der Waals surface area contributed by atoms with Crippen LogP contribution in [-0.2, 0) is 19.5 Å². The summed E-state index contributed by atoms with van der Waals surface area (Å²) < 4.78 is 37.9. The van der Waals surface area contributed by atoms with E-state index in [0.29, 0.717) is 18.6 Å². The van der Waals surface area contributed by atoms with Gasteiger partial charge in [0, 0.05) is 44.4 Å². The van der Waals surface area contributed by atoms with Crippen LogP contribution < -0.4 is 10.7 Å². The Labute approximate surface area is 181 Å². The highest BCUT2D eigenvalue weighted by molar-refractivity contribution is 7.89. The molecule has 170 valence electrons. The molecule has 1 aromatic heterocycles. The Morgan fingerprint density at radius 2 is 1.87 bits per heavy atom. The van der Waals surface area contributed by atoms with Gasteiger partial charge < -0.3 is 19.8 Å². The van der Waals surface area contributed by atoms with Gasteiger partial charge in [-0.25, -0.2) is 8.42 Å². The van der Waals surface area contributed by atoms with E-state index in [9.17, 15) is 18.0 Å². The summed E-state index contributed by atoms with van der Waals surface area (Å²) in [6.07, 6.45) is 1.65. The summed E-state index contributed by atoms with van der Waals surface area (Å²) in [5.74, 6) is -0.0735. The third kappa shape index (κ3) is 4.98. The number of methoxy groups -OCH3 is 2. The van der Waals surface area contributed by atoms with Crippen molar-refractivity contribution >= 4 is 26.8 Å². The fraction of sp³-hybridized carbons (Fsp3) is 0.524. The number of pyridine rings is 1. The van der Waals surface area contributed by atoms with Crippen LogP contribution in [0.2, 0.25) is 0 Å². The monoisotopic (exact) mass is 451 g/mol. The highest BCUT2D eigenvalue weighted by Gasteiger charge is 2.32. The third-order valence-electron chi connectivity index (χ3n) is 5.53. The number of hydrogen-bond donors (Lipinski definition) is 2. The molecule has 0 unspecified atom stereocenters. The summed E-state index contributed by atoms with van der Waals surface area (Å²) >= 11 is 0. The lowest BCUT2D eigenvalue weighted by molar-refractivity contribution is -0.0974. The van der Waals surface area contributed by atoms with E-state index in [1.54, 1.807) is 6.07 Å². The summed E-state index contributed by atoms with van der Waals surface area (Å²) in [4.78, 5) is 28.4. The molecule has 0 aliphatic carbocycles. The molecule has 10 heteroatoms. The second kappa shape index (κ2) is 9.47. The van der Waals surface area contributed by atoms with E-state index >= 15 is 0 Å². The minimum Gasteiger partial charge on any atom is -0.360 e. The van der Waals surface area contributed by atoms with Crippen LogP contribution in [0.1, 0.15) is 30.6 Å². The van der Waals surface area contributed by atoms with Crippen LogP contribution in [0.25, 0.3) is 10.9 Å². The van der Waals surface area contributed by atoms with Crippen molar-refractivity contribution in [3.05, 3.63) is 40.2 Å². The molecule has 1 aromatic carbocycles. The lowest BCUT2D eigenvalue weighted by Crippen LogP contribution is -2.42. The minimum atomic E-state index is -3.75. The second-order valence-corrected chi connectivity index (χ2v) is 10.1. The van der Waals surface area contributed by atoms with Crippen LogP contribution in [0.4, 0.5) is 0 Å². The second-order valence-electron chi connectivity index (χ2n) is 8.12. The van der Waals surface area contributed by atoms with Gasteiger partial charge in [0.2, 0.25) is 15.5 Å². The fourth-order valence-corrected chi connectivity index (χ4v) is 5.72. The smallest absolute Gasteiger partial charge is 0.256 e. The molecule has 1 amide bonds. The van der Waals surface area contributed by atoms with Crippen LogP contribution in [-0.4, -0.2) is 63.8 Å². The van der Waals surface area contributed by atoms with Gasteiger partial charge in [-0.1, -0.05) is 13.8 Å². The van der Waals surface area contributed by atoms with Gasteiger partial charge in [0.05, 0.1) is 11.4 Å². The van der Waals surface area contributed by atoms with Gasteiger partial charge >= 0.3 is 0 Å². The molecule has 0 spiro atoms. The van der Waals surface area contributed by atoms with Crippen molar-refractivity contribution in [3.8, 4) is 0 Å². The van der Waals surface area contributed by atoms with Gasteiger partial charge in [-0.2, -0.15) is 4.31 Å². The quantitative estimate of drug-likeness (QED) is 0.617. The first kappa shape index (κ1) is 23.4. The number of H-pyrrole nitrogens is 1. The number of nitrogens with zero attached hydrogens (tertiary/aromatic N) is 1. The lowest BCUT2D eigenvalue weighted by atomic mass is 9.94. The maximum absolute atomic E-state index is 13.2. The molecule has 1 aliphatic heterocycles. The first-order valence-corrected chi connectivity index (χ1v) is 11.6. The zero-order valence-corrected chi connectivity index (χ0v) is 19.0. The summed E-state index contributed by atoms with van der Waals surface area (Å²) in [6.45, 7) is 5.02. The number of piperidine rings is 1.